The highest BCUT2D eigenvalue weighted by Crippen LogP contribution is 2.36. The SMILES string of the molecule is COc1cccc(C(=O)N[C@@H](C2CCNCC2)C2CC(O)C2)c1. The van der Waals surface area contributed by atoms with E-state index in [1.165, 1.54) is 0 Å². The van der Waals surface area contributed by atoms with E-state index < -0.39 is 0 Å². The molecule has 1 aliphatic heterocycles. The molecule has 3 N–H and O–H groups in total. The Morgan fingerprint density at radius 1 is 1.30 bits per heavy atom. The number of hydrogen-bond acceptors (Lipinski definition) is 4. The zero-order chi connectivity index (χ0) is 16.2. The Morgan fingerprint density at radius 2 is 2.04 bits per heavy atom. The van der Waals surface area contributed by atoms with E-state index in [-0.39, 0.29) is 18.1 Å². The molecule has 1 aliphatic carbocycles. The molecule has 23 heavy (non-hydrogen) atoms. The van der Waals surface area contributed by atoms with Crippen LogP contribution in [0.3, 0.4) is 0 Å². The Hall–Kier alpha value is -1.59. The minimum Gasteiger partial charge on any atom is -0.497 e. The van der Waals surface area contributed by atoms with Gasteiger partial charge in [-0.1, -0.05) is 6.07 Å². The second-order valence-electron chi connectivity index (χ2n) is 6.70. The molecule has 5 nitrogen and oxygen atoms in total. The molecule has 1 saturated carbocycles. The van der Waals surface area contributed by atoms with Crippen LogP contribution in [0, 0.1) is 11.8 Å². The number of nitrogens with one attached hydrogen (secondary N) is 2. The maximum atomic E-state index is 12.6. The molecule has 0 unspecified atom stereocenters. The fourth-order valence-electron chi connectivity index (χ4n) is 3.75. The summed E-state index contributed by atoms with van der Waals surface area (Å²) in [7, 11) is 1.60. The molecule has 5 heteroatoms. The first-order valence-corrected chi connectivity index (χ1v) is 8.51. The maximum absolute atomic E-state index is 12.6. The lowest BCUT2D eigenvalue weighted by molar-refractivity contribution is 0.00919. The topological polar surface area (TPSA) is 70.6 Å². The molecule has 1 heterocycles. The summed E-state index contributed by atoms with van der Waals surface area (Å²) in [5.41, 5.74) is 0.628. The van der Waals surface area contributed by atoms with Crippen LogP contribution < -0.4 is 15.4 Å². The summed E-state index contributed by atoms with van der Waals surface area (Å²) < 4.78 is 5.20. The van der Waals surface area contributed by atoms with Gasteiger partial charge >= 0.3 is 0 Å². The molecule has 2 fully saturated rings. The van der Waals surface area contributed by atoms with Crippen LogP contribution in [0.25, 0.3) is 0 Å². The van der Waals surface area contributed by atoms with Gasteiger partial charge in [0.15, 0.2) is 0 Å². The molecule has 1 saturated heterocycles. The molecule has 126 valence electrons. The number of carbonyl (C=O) groups excluding carboxylic acids is 1. The third kappa shape index (κ3) is 3.85. The molecule has 1 atom stereocenters. The first-order chi connectivity index (χ1) is 11.2. The molecular formula is C18H26N2O3. The predicted octanol–water partition coefficient (Wildman–Crippen LogP) is 1.56. The molecule has 1 aromatic carbocycles. The number of amides is 1. The van der Waals surface area contributed by atoms with E-state index in [0.29, 0.717) is 23.1 Å². The number of carbonyl (C=O) groups is 1. The van der Waals surface area contributed by atoms with Gasteiger partial charge in [0, 0.05) is 11.6 Å². The second-order valence-corrected chi connectivity index (χ2v) is 6.70. The largest absolute Gasteiger partial charge is 0.497 e. The van der Waals surface area contributed by atoms with Gasteiger partial charge < -0.3 is 20.5 Å². The number of aliphatic hydroxyl groups is 1. The van der Waals surface area contributed by atoms with Gasteiger partial charge in [-0.15, -0.1) is 0 Å². The minimum atomic E-state index is -0.196. The van der Waals surface area contributed by atoms with Crippen molar-refractivity contribution in [2.45, 2.75) is 37.8 Å². The highest BCUT2D eigenvalue weighted by Gasteiger charge is 2.39. The number of aliphatic hydroxyl groups excluding tert-OH is 1. The van der Waals surface area contributed by atoms with Crippen molar-refractivity contribution in [1.82, 2.24) is 10.6 Å². The first kappa shape index (κ1) is 16.3. The van der Waals surface area contributed by atoms with E-state index >= 15 is 0 Å². The maximum Gasteiger partial charge on any atom is 0.251 e. The van der Waals surface area contributed by atoms with Crippen molar-refractivity contribution in [2.75, 3.05) is 20.2 Å². The van der Waals surface area contributed by atoms with E-state index in [0.717, 1.165) is 38.8 Å². The zero-order valence-corrected chi connectivity index (χ0v) is 13.6. The van der Waals surface area contributed by atoms with Crippen LogP contribution in [0.1, 0.15) is 36.0 Å². The molecule has 1 aromatic rings. The van der Waals surface area contributed by atoms with Gasteiger partial charge in [-0.05, 0) is 68.8 Å². The van der Waals surface area contributed by atoms with Gasteiger partial charge in [0.25, 0.3) is 5.91 Å². The third-order valence-electron chi connectivity index (χ3n) is 5.18. The van der Waals surface area contributed by atoms with Crippen LogP contribution in [-0.4, -0.2) is 43.4 Å². The summed E-state index contributed by atoms with van der Waals surface area (Å²) >= 11 is 0. The first-order valence-electron chi connectivity index (χ1n) is 8.51. The van der Waals surface area contributed by atoms with Gasteiger partial charge in [-0.25, -0.2) is 0 Å². The van der Waals surface area contributed by atoms with Crippen molar-refractivity contribution in [2.24, 2.45) is 11.8 Å². The average Bonchev–Trinajstić information content (AvgIpc) is 2.58. The lowest BCUT2D eigenvalue weighted by Crippen LogP contribution is -2.52. The lowest BCUT2D eigenvalue weighted by Gasteiger charge is -2.43. The Balaban J connectivity index is 1.70. The standard InChI is InChI=1S/C18H26N2O3/c1-23-16-4-2-3-13(11-16)18(22)20-17(14-9-15(21)10-14)12-5-7-19-8-6-12/h2-4,11-12,14-15,17,19,21H,5-10H2,1H3,(H,20,22)/t14?,15?,17-/m0/s1. The molecule has 1 amide bonds. The van der Waals surface area contributed by atoms with Crippen molar-refractivity contribution >= 4 is 5.91 Å². The fraction of sp³-hybridized carbons (Fsp3) is 0.611. The summed E-state index contributed by atoms with van der Waals surface area (Å²) in [5, 5.41) is 16.3. The molecule has 0 bridgehead atoms. The Labute approximate surface area is 137 Å². The number of rotatable bonds is 5. The number of benzene rings is 1. The van der Waals surface area contributed by atoms with E-state index in [1.54, 1.807) is 13.2 Å². The van der Waals surface area contributed by atoms with Crippen LogP contribution in [0.5, 0.6) is 5.75 Å². The van der Waals surface area contributed by atoms with Gasteiger partial charge in [-0.3, -0.25) is 4.79 Å². The smallest absolute Gasteiger partial charge is 0.251 e. The predicted molar refractivity (Wildman–Crippen MR) is 88.6 cm³/mol. The molecule has 0 spiro atoms. The van der Waals surface area contributed by atoms with Crippen LogP contribution in [0.15, 0.2) is 24.3 Å². The monoisotopic (exact) mass is 318 g/mol. The average molecular weight is 318 g/mol. The van der Waals surface area contributed by atoms with Crippen LogP contribution >= 0.6 is 0 Å². The minimum absolute atomic E-state index is 0.0474. The van der Waals surface area contributed by atoms with Gasteiger partial charge in [0.1, 0.15) is 5.75 Å². The van der Waals surface area contributed by atoms with E-state index in [1.807, 2.05) is 18.2 Å². The normalized spacial score (nSPS) is 26.2. The van der Waals surface area contributed by atoms with E-state index in [2.05, 4.69) is 10.6 Å². The quantitative estimate of drug-likeness (QED) is 0.771. The van der Waals surface area contributed by atoms with E-state index in [4.69, 9.17) is 4.74 Å². The Morgan fingerprint density at radius 3 is 2.70 bits per heavy atom. The van der Waals surface area contributed by atoms with E-state index in [9.17, 15) is 9.90 Å². The number of ether oxygens (including phenoxy) is 1. The van der Waals surface area contributed by atoms with Crippen LogP contribution in [-0.2, 0) is 0 Å². The molecule has 2 aliphatic rings. The van der Waals surface area contributed by atoms with Gasteiger partial charge in [0.2, 0.25) is 0 Å². The van der Waals surface area contributed by atoms with Crippen molar-refractivity contribution < 1.29 is 14.6 Å². The second kappa shape index (κ2) is 7.32. The van der Waals surface area contributed by atoms with Crippen molar-refractivity contribution in [1.29, 1.82) is 0 Å². The highest BCUT2D eigenvalue weighted by molar-refractivity contribution is 5.94. The van der Waals surface area contributed by atoms with Crippen molar-refractivity contribution in [3.05, 3.63) is 29.8 Å². The number of methoxy groups -OCH3 is 1. The number of hydrogen-bond donors (Lipinski definition) is 3. The molecule has 3 rings (SSSR count). The Bertz CT molecular complexity index is 537. The van der Waals surface area contributed by atoms with Gasteiger partial charge in [-0.2, -0.15) is 0 Å². The summed E-state index contributed by atoms with van der Waals surface area (Å²) in [6.45, 7) is 2.01. The summed E-state index contributed by atoms with van der Waals surface area (Å²) in [6.07, 6.45) is 3.56. The third-order valence-corrected chi connectivity index (χ3v) is 5.18. The molecule has 0 aromatic heterocycles. The summed E-state index contributed by atoms with van der Waals surface area (Å²) in [6, 6.07) is 7.40. The fourth-order valence-corrected chi connectivity index (χ4v) is 3.75. The summed E-state index contributed by atoms with van der Waals surface area (Å²) in [4.78, 5) is 12.6. The zero-order valence-electron chi connectivity index (χ0n) is 13.6. The van der Waals surface area contributed by atoms with Crippen LogP contribution in [0.4, 0.5) is 0 Å². The van der Waals surface area contributed by atoms with Crippen LogP contribution in [0.2, 0.25) is 0 Å². The Kier molecular flexibility index (Phi) is 5.18. The molecular weight excluding hydrogens is 292 g/mol. The highest BCUT2D eigenvalue weighted by atomic mass is 16.5. The summed E-state index contributed by atoms with van der Waals surface area (Å²) in [5.74, 6) is 1.52. The number of piperidine rings is 1. The van der Waals surface area contributed by atoms with Crippen molar-refractivity contribution in [3.8, 4) is 5.75 Å². The van der Waals surface area contributed by atoms with Gasteiger partial charge in [0.05, 0.1) is 13.2 Å². The molecule has 0 radical (unpaired) electrons. The van der Waals surface area contributed by atoms with Crippen molar-refractivity contribution in [3.63, 3.8) is 0 Å². The lowest BCUT2D eigenvalue weighted by atomic mass is 9.71.